The van der Waals surface area contributed by atoms with Crippen LogP contribution in [-0.4, -0.2) is 31.4 Å². The molecule has 8 heteroatoms. The molecule has 0 atom stereocenters. The van der Waals surface area contributed by atoms with Gasteiger partial charge in [-0.25, -0.2) is 9.97 Å². The highest BCUT2D eigenvalue weighted by Gasteiger charge is 2.14. The molecule has 0 aliphatic rings. The number of thioether (sulfide) groups is 1. The number of rotatable bonds is 5. The minimum Gasteiger partial charge on any atom is -0.353 e. The fourth-order valence-electron chi connectivity index (χ4n) is 1.23. The van der Waals surface area contributed by atoms with Crippen molar-refractivity contribution >= 4 is 23.2 Å². The second-order valence-corrected chi connectivity index (χ2v) is 4.28. The lowest BCUT2D eigenvalue weighted by Gasteiger charge is -1.97. The Bertz CT molecular complexity index is 570. The molecule has 0 fully saturated rings. The molecular formula is C10H8N4O3S. The molecule has 7 nitrogen and oxygen atoms in total. The van der Waals surface area contributed by atoms with Crippen LogP contribution in [0.5, 0.6) is 0 Å². The van der Waals surface area contributed by atoms with E-state index in [1.54, 1.807) is 12.3 Å². The number of Topliss-reactive ketones (excluding diaryl/α,β-unsaturated/α-hetero) is 1. The van der Waals surface area contributed by atoms with Crippen LogP contribution in [0.4, 0.5) is 5.69 Å². The van der Waals surface area contributed by atoms with Gasteiger partial charge < -0.3 is 4.98 Å². The third-order valence-corrected chi connectivity index (χ3v) is 3.03. The van der Waals surface area contributed by atoms with Gasteiger partial charge in [-0.15, -0.1) is 0 Å². The van der Waals surface area contributed by atoms with Gasteiger partial charge in [0.25, 0.3) is 5.69 Å². The van der Waals surface area contributed by atoms with Gasteiger partial charge in [-0.05, 0) is 6.07 Å². The maximum atomic E-state index is 11.7. The molecule has 0 bridgehead atoms. The molecule has 0 spiro atoms. The lowest BCUT2D eigenvalue weighted by Crippen LogP contribution is -2.02. The summed E-state index contributed by atoms with van der Waals surface area (Å²) in [6.45, 7) is 0. The molecule has 1 N–H and O–H groups in total. The molecule has 2 aromatic rings. The number of nitrogens with zero attached hydrogens (tertiary/aromatic N) is 3. The Kier molecular flexibility index (Phi) is 3.68. The first kappa shape index (κ1) is 12.2. The number of H-pyrrole nitrogens is 1. The van der Waals surface area contributed by atoms with Crippen LogP contribution in [0.3, 0.4) is 0 Å². The molecule has 18 heavy (non-hydrogen) atoms. The summed E-state index contributed by atoms with van der Waals surface area (Å²) < 4.78 is 0. The van der Waals surface area contributed by atoms with Gasteiger partial charge in [0.15, 0.2) is 5.78 Å². The topological polar surface area (TPSA) is 102 Å². The highest BCUT2D eigenvalue weighted by atomic mass is 32.2. The van der Waals surface area contributed by atoms with Crippen LogP contribution < -0.4 is 0 Å². The number of hydrogen-bond donors (Lipinski definition) is 1. The molecule has 0 saturated heterocycles. The van der Waals surface area contributed by atoms with Gasteiger partial charge in [-0.3, -0.25) is 14.9 Å². The minimum absolute atomic E-state index is 0.120. The lowest BCUT2D eigenvalue weighted by atomic mass is 10.3. The van der Waals surface area contributed by atoms with Crippen LogP contribution in [0.25, 0.3) is 0 Å². The number of aromatic nitrogens is 3. The number of hydrogen-bond acceptors (Lipinski definition) is 6. The number of aromatic amines is 1. The molecule has 2 rings (SSSR count). The zero-order valence-corrected chi connectivity index (χ0v) is 9.88. The number of carbonyl (C=O) groups excluding carboxylic acids is 1. The second-order valence-electron chi connectivity index (χ2n) is 3.29. The summed E-state index contributed by atoms with van der Waals surface area (Å²) in [5.74, 6) is -0.0546. The van der Waals surface area contributed by atoms with Crippen molar-refractivity contribution in [3.8, 4) is 0 Å². The van der Waals surface area contributed by atoms with Crippen molar-refractivity contribution in [1.29, 1.82) is 0 Å². The van der Waals surface area contributed by atoms with Crippen molar-refractivity contribution in [3.05, 3.63) is 46.7 Å². The van der Waals surface area contributed by atoms with Gasteiger partial charge in [0.2, 0.25) is 0 Å². The molecule has 2 heterocycles. The predicted octanol–water partition coefficient (Wildman–Crippen LogP) is 1.69. The molecule has 0 aliphatic carbocycles. The predicted molar refractivity (Wildman–Crippen MR) is 64.5 cm³/mol. The fourth-order valence-corrected chi connectivity index (χ4v) is 1.94. The average molecular weight is 264 g/mol. The van der Waals surface area contributed by atoms with Crippen LogP contribution in [0.1, 0.15) is 10.5 Å². The minimum atomic E-state index is -0.551. The smallest absolute Gasteiger partial charge is 0.287 e. The monoisotopic (exact) mass is 264 g/mol. The van der Waals surface area contributed by atoms with Crippen molar-refractivity contribution in [1.82, 2.24) is 15.0 Å². The first-order valence-electron chi connectivity index (χ1n) is 4.91. The van der Waals surface area contributed by atoms with Gasteiger partial charge in [-0.2, -0.15) is 0 Å². The molecule has 0 amide bonds. The summed E-state index contributed by atoms with van der Waals surface area (Å²) >= 11 is 1.25. The standard InChI is InChI=1S/C10H8N4O3S/c15-9(5-18-10-1-2-11-6-13-10)8-3-7(4-12-8)14(16)17/h1-4,6,12H,5H2. The first-order chi connectivity index (χ1) is 8.66. The quantitative estimate of drug-likeness (QED) is 0.290. The Hall–Kier alpha value is -2.22. The van der Waals surface area contributed by atoms with Crippen LogP contribution >= 0.6 is 11.8 Å². The number of carbonyl (C=O) groups is 1. The van der Waals surface area contributed by atoms with E-state index < -0.39 is 4.92 Å². The number of nitro groups is 1. The number of ketones is 1. The van der Waals surface area contributed by atoms with E-state index in [1.807, 2.05) is 0 Å². The van der Waals surface area contributed by atoms with Gasteiger partial charge in [0.1, 0.15) is 6.33 Å². The highest BCUT2D eigenvalue weighted by molar-refractivity contribution is 7.99. The van der Waals surface area contributed by atoms with Crippen molar-refractivity contribution in [3.63, 3.8) is 0 Å². The summed E-state index contributed by atoms with van der Waals surface area (Å²) in [7, 11) is 0. The molecule has 0 aliphatic heterocycles. The zero-order valence-electron chi connectivity index (χ0n) is 9.07. The van der Waals surface area contributed by atoms with Crippen LogP contribution in [0, 0.1) is 10.1 Å². The lowest BCUT2D eigenvalue weighted by molar-refractivity contribution is -0.384. The van der Waals surface area contributed by atoms with E-state index in [9.17, 15) is 14.9 Å². The van der Waals surface area contributed by atoms with E-state index in [0.717, 1.165) is 0 Å². The first-order valence-corrected chi connectivity index (χ1v) is 5.90. The van der Waals surface area contributed by atoms with Crippen molar-refractivity contribution < 1.29 is 9.72 Å². The van der Waals surface area contributed by atoms with Gasteiger partial charge in [0.05, 0.1) is 27.6 Å². The van der Waals surface area contributed by atoms with Crippen molar-refractivity contribution in [2.75, 3.05) is 5.75 Å². The van der Waals surface area contributed by atoms with Gasteiger partial charge in [0, 0.05) is 12.3 Å². The molecule has 0 aromatic carbocycles. The molecule has 92 valence electrons. The fraction of sp³-hybridized carbons (Fsp3) is 0.100. The SMILES string of the molecule is O=C(CSc1ccncn1)c1cc([N+](=O)[O-])c[nH]1. The highest BCUT2D eigenvalue weighted by Crippen LogP contribution is 2.17. The number of nitrogens with one attached hydrogen (secondary N) is 1. The Morgan fingerprint density at radius 1 is 1.56 bits per heavy atom. The Morgan fingerprint density at radius 3 is 3.00 bits per heavy atom. The Labute approximate surface area is 106 Å². The molecule has 0 unspecified atom stereocenters. The van der Waals surface area contributed by atoms with Gasteiger partial charge >= 0.3 is 0 Å². The zero-order chi connectivity index (χ0) is 13.0. The van der Waals surface area contributed by atoms with Crippen molar-refractivity contribution in [2.24, 2.45) is 0 Å². The maximum absolute atomic E-state index is 11.7. The molecule has 2 aromatic heterocycles. The van der Waals surface area contributed by atoms with E-state index in [-0.39, 0.29) is 22.9 Å². The average Bonchev–Trinajstić information content (AvgIpc) is 2.87. The molecular weight excluding hydrogens is 256 g/mol. The van der Waals surface area contributed by atoms with Gasteiger partial charge in [-0.1, -0.05) is 11.8 Å². The summed E-state index contributed by atoms with van der Waals surface area (Å²) in [5.41, 5.74) is 0.105. The third-order valence-electron chi connectivity index (χ3n) is 2.08. The summed E-state index contributed by atoms with van der Waals surface area (Å²) in [6, 6.07) is 2.91. The Morgan fingerprint density at radius 2 is 2.39 bits per heavy atom. The molecule has 0 saturated carbocycles. The maximum Gasteiger partial charge on any atom is 0.287 e. The van der Waals surface area contributed by atoms with E-state index in [1.165, 1.54) is 30.4 Å². The summed E-state index contributed by atoms with van der Waals surface area (Å²) in [4.78, 5) is 32.0. The summed E-state index contributed by atoms with van der Waals surface area (Å²) in [6.07, 6.45) is 4.17. The van der Waals surface area contributed by atoms with E-state index in [0.29, 0.717) is 5.03 Å². The van der Waals surface area contributed by atoms with Crippen LogP contribution in [-0.2, 0) is 0 Å². The van der Waals surface area contributed by atoms with E-state index >= 15 is 0 Å². The second kappa shape index (κ2) is 5.41. The van der Waals surface area contributed by atoms with Crippen LogP contribution in [0.15, 0.2) is 35.9 Å². The van der Waals surface area contributed by atoms with Crippen LogP contribution in [0.2, 0.25) is 0 Å². The summed E-state index contributed by atoms with van der Waals surface area (Å²) in [5, 5.41) is 11.1. The molecule has 0 radical (unpaired) electrons. The third kappa shape index (κ3) is 2.92. The van der Waals surface area contributed by atoms with Crippen molar-refractivity contribution in [2.45, 2.75) is 5.03 Å². The Balaban J connectivity index is 1.97. The van der Waals surface area contributed by atoms with E-state index in [4.69, 9.17) is 0 Å². The normalized spacial score (nSPS) is 10.2. The van der Waals surface area contributed by atoms with E-state index in [2.05, 4.69) is 15.0 Å². The largest absolute Gasteiger partial charge is 0.353 e.